The molecule has 0 unspecified atom stereocenters. The first-order valence-electron chi connectivity index (χ1n) is 6.52. The third-order valence-corrected chi connectivity index (χ3v) is 3.93. The summed E-state index contributed by atoms with van der Waals surface area (Å²) in [7, 11) is 0. The summed E-state index contributed by atoms with van der Waals surface area (Å²) in [6, 6.07) is 5.10. The van der Waals surface area contributed by atoms with E-state index in [1.54, 1.807) is 23.1 Å². The topological polar surface area (TPSA) is 90.2 Å². The second-order valence-corrected chi connectivity index (χ2v) is 5.47. The fourth-order valence-electron chi connectivity index (χ4n) is 2.33. The number of carboxylic acid groups (broad SMARTS) is 1. The Morgan fingerprint density at radius 3 is 2.32 bits per heavy atom. The van der Waals surface area contributed by atoms with Gasteiger partial charge in [-0.3, -0.25) is 9.59 Å². The van der Waals surface area contributed by atoms with Gasteiger partial charge in [-0.1, -0.05) is 34.4 Å². The average Bonchev–Trinajstić information content (AvgIpc) is 2.51. The van der Waals surface area contributed by atoms with Crippen molar-refractivity contribution in [2.45, 2.75) is 12.8 Å². The van der Waals surface area contributed by atoms with Crippen LogP contribution < -0.4 is 0 Å². The number of piperidine rings is 1. The molecule has 22 heavy (non-hydrogen) atoms. The van der Waals surface area contributed by atoms with Gasteiger partial charge in [0.05, 0.1) is 10.7 Å². The zero-order valence-corrected chi connectivity index (χ0v) is 13.2. The minimum Gasteiger partial charge on any atom is -0.483 e. The van der Waals surface area contributed by atoms with Crippen molar-refractivity contribution < 1.29 is 19.9 Å². The highest BCUT2D eigenvalue weighted by Crippen LogP contribution is 2.28. The zero-order chi connectivity index (χ0) is 16.5. The van der Waals surface area contributed by atoms with E-state index in [4.69, 9.17) is 33.1 Å². The molecule has 1 aromatic carbocycles. The standard InChI is InChI=1S/C13H14Cl2N2O2.CH2O2/c14-10-1-2-11(12(15)7-10)13(16-19)9-3-5-17(8-18)6-4-9;2-1-3/h1-2,7-9,19H,3-6H2;1H,(H,2,3). The fraction of sp³-hybridized carbons (Fsp3) is 0.357. The van der Waals surface area contributed by atoms with Crippen LogP contribution in [0.5, 0.6) is 0 Å². The smallest absolute Gasteiger partial charge is 0.290 e. The molecule has 0 aromatic heterocycles. The predicted octanol–water partition coefficient (Wildman–Crippen LogP) is 2.74. The van der Waals surface area contributed by atoms with Gasteiger partial charge in [0, 0.05) is 29.6 Å². The molecule has 0 aliphatic carbocycles. The molecule has 120 valence electrons. The molecule has 0 spiro atoms. The number of hydrogen-bond acceptors (Lipinski definition) is 4. The van der Waals surface area contributed by atoms with E-state index in [1.807, 2.05) is 0 Å². The van der Waals surface area contributed by atoms with E-state index in [0.717, 1.165) is 19.3 Å². The third kappa shape index (κ3) is 4.89. The second-order valence-electron chi connectivity index (χ2n) is 4.63. The maximum atomic E-state index is 10.7. The van der Waals surface area contributed by atoms with E-state index in [-0.39, 0.29) is 12.4 Å². The van der Waals surface area contributed by atoms with Gasteiger partial charge in [-0.25, -0.2) is 0 Å². The number of oxime groups is 1. The SMILES string of the molecule is O=CN1CCC(C(=NO)c2ccc(Cl)cc2Cl)CC1.O=CO. The Morgan fingerprint density at radius 2 is 1.86 bits per heavy atom. The Balaban J connectivity index is 0.000000745. The van der Waals surface area contributed by atoms with E-state index >= 15 is 0 Å². The summed E-state index contributed by atoms with van der Waals surface area (Å²) in [6.45, 7) is 1.08. The molecular formula is C14H16Cl2N2O4. The predicted molar refractivity (Wildman–Crippen MR) is 83.8 cm³/mol. The number of carbonyl (C=O) groups excluding carboxylic acids is 1. The van der Waals surface area contributed by atoms with Crippen LogP contribution in [0.1, 0.15) is 18.4 Å². The maximum Gasteiger partial charge on any atom is 0.290 e. The van der Waals surface area contributed by atoms with Gasteiger partial charge >= 0.3 is 0 Å². The van der Waals surface area contributed by atoms with E-state index in [2.05, 4.69) is 5.16 Å². The van der Waals surface area contributed by atoms with Crippen molar-refractivity contribution in [2.75, 3.05) is 13.1 Å². The molecule has 0 atom stereocenters. The molecule has 0 radical (unpaired) electrons. The quantitative estimate of drug-likeness (QED) is 0.381. The lowest BCUT2D eigenvalue weighted by atomic mass is 9.88. The lowest BCUT2D eigenvalue weighted by Gasteiger charge is -2.29. The third-order valence-electron chi connectivity index (χ3n) is 3.38. The molecule has 1 heterocycles. The number of amides is 1. The van der Waals surface area contributed by atoms with Gasteiger partial charge in [-0.15, -0.1) is 0 Å². The molecule has 1 amide bonds. The van der Waals surface area contributed by atoms with Crippen LogP contribution in [0, 0.1) is 5.92 Å². The summed E-state index contributed by atoms with van der Waals surface area (Å²) in [4.78, 5) is 20.8. The van der Waals surface area contributed by atoms with Crippen molar-refractivity contribution in [1.82, 2.24) is 4.90 Å². The summed E-state index contributed by atoms with van der Waals surface area (Å²) in [5.74, 6) is 0.0971. The fourth-order valence-corrected chi connectivity index (χ4v) is 2.84. The van der Waals surface area contributed by atoms with Crippen molar-refractivity contribution in [3.63, 3.8) is 0 Å². The van der Waals surface area contributed by atoms with E-state index in [0.29, 0.717) is 34.4 Å². The van der Waals surface area contributed by atoms with Gasteiger partial charge in [-0.2, -0.15) is 0 Å². The molecule has 6 nitrogen and oxygen atoms in total. The molecule has 8 heteroatoms. The maximum absolute atomic E-state index is 10.7. The van der Waals surface area contributed by atoms with Crippen molar-refractivity contribution >= 4 is 41.8 Å². The first-order valence-corrected chi connectivity index (χ1v) is 7.27. The summed E-state index contributed by atoms with van der Waals surface area (Å²) in [6.07, 6.45) is 2.37. The Hall–Kier alpha value is -1.79. The summed E-state index contributed by atoms with van der Waals surface area (Å²) >= 11 is 12.0. The molecule has 1 aliphatic heterocycles. The second kappa shape index (κ2) is 9.27. The van der Waals surface area contributed by atoms with Crippen LogP contribution in [-0.4, -0.2) is 46.9 Å². The Bertz CT molecular complexity index is 544. The zero-order valence-electron chi connectivity index (χ0n) is 11.7. The van der Waals surface area contributed by atoms with Crippen LogP contribution in [0.3, 0.4) is 0 Å². The van der Waals surface area contributed by atoms with Gasteiger partial charge in [-0.05, 0) is 25.0 Å². The van der Waals surface area contributed by atoms with Crippen molar-refractivity contribution in [1.29, 1.82) is 0 Å². The Morgan fingerprint density at radius 1 is 1.27 bits per heavy atom. The molecule has 0 bridgehead atoms. The number of halogens is 2. The van der Waals surface area contributed by atoms with E-state index in [9.17, 15) is 10.0 Å². The van der Waals surface area contributed by atoms with Crippen molar-refractivity contribution in [2.24, 2.45) is 11.1 Å². The molecule has 1 fully saturated rings. The van der Waals surface area contributed by atoms with Crippen LogP contribution in [0.2, 0.25) is 10.0 Å². The van der Waals surface area contributed by atoms with Gasteiger partial charge in [0.15, 0.2) is 0 Å². The molecule has 1 aliphatic rings. The van der Waals surface area contributed by atoms with Gasteiger partial charge in [0.25, 0.3) is 6.47 Å². The summed E-state index contributed by atoms with van der Waals surface area (Å²) in [5, 5.41) is 20.6. The number of rotatable bonds is 3. The first-order chi connectivity index (χ1) is 10.6. The Kier molecular flexibility index (Phi) is 7.70. The summed E-state index contributed by atoms with van der Waals surface area (Å²) < 4.78 is 0. The largest absolute Gasteiger partial charge is 0.483 e. The molecular weight excluding hydrogens is 331 g/mol. The lowest BCUT2D eigenvalue weighted by molar-refractivity contribution is -0.123. The minimum absolute atomic E-state index is 0.0971. The first kappa shape index (κ1) is 18.3. The van der Waals surface area contributed by atoms with Crippen LogP contribution in [0.15, 0.2) is 23.4 Å². The number of likely N-dealkylation sites (tertiary alicyclic amines) is 1. The molecule has 2 rings (SSSR count). The lowest BCUT2D eigenvalue weighted by Crippen LogP contribution is -2.35. The van der Waals surface area contributed by atoms with Gasteiger partial charge < -0.3 is 15.2 Å². The van der Waals surface area contributed by atoms with E-state index in [1.165, 1.54) is 0 Å². The minimum atomic E-state index is -0.250. The van der Waals surface area contributed by atoms with Crippen LogP contribution in [0.25, 0.3) is 0 Å². The van der Waals surface area contributed by atoms with Crippen LogP contribution in [-0.2, 0) is 9.59 Å². The number of hydrogen-bond donors (Lipinski definition) is 2. The number of carbonyl (C=O) groups is 2. The average molecular weight is 347 g/mol. The monoisotopic (exact) mass is 346 g/mol. The number of benzene rings is 1. The normalized spacial score (nSPS) is 15.7. The Labute approximate surface area is 137 Å². The highest BCUT2D eigenvalue weighted by Gasteiger charge is 2.25. The highest BCUT2D eigenvalue weighted by molar-refractivity contribution is 6.37. The van der Waals surface area contributed by atoms with Crippen LogP contribution in [0.4, 0.5) is 0 Å². The van der Waals surface area contributed by atoms with Gasteiger partial charge in [0.2, 0.25) is 6.41 Å². The van der Waals surface area contributed by atoms with Crippen molar-refractivity contribution in [3.05, 3.63) is 33.8 Å². The van der Waals surface area contributed by atoms with Gasteiger partial charge in [0.1, 0.15) is 0 Å². The van der Waals surface area contributed by atoms with Crippen LogP contribution >= 0.6 is 23.2 Å². The molecule has 1 saturated heterocycles. The molecule has 0 saturated carbocycles. The van der Waals surface area contributed by atoms with E-state index < -0.39 is 0 Å². The summed E-state index contributed by atoms with van der Waals surface area (Å²) in [5.41, 5.74) is 1.25. The molecule has 1 aromatic rings. The van der Waals surface area contributed by atoms with Crippen molar-refractivity contribution in [3.8, 4) is 0 Å². The number of nitrogens with zero attached hydrogens (tertiary/aromatic N) is 2. The molecule has 2 N–H and O–H groups in total. The highest BCUT2D eigenvalue weighted by atomic mass is 35.5.